The zero-order valence-corrected chi connectivity index (χ0v) is 13.3. The van der Waals surface area contributed by atoms with Crippen molar-refractivity contribution in [2.75, 3.05) is 52.4 Å². The number of rotatable bonds is 4. The van der Waals surface area contributed by atoms with E-state index in [1.807, 2.05) is 24.4 Å². The van der Waals surface area contributed by atoms with Crippen LogP contribution in [0, 0.1) is 0 Å². The van der Waals surface area contributed by atoms with Crippen LogP contribution in [0.3, 0.4) is 0 Å². The number of nitrogens with one attached hydrogen (secondary N) is 1. The van der Waals surface area contributed by atoms with Gasteiger partial charge in [0.1, 0.15) is 0 Å². The molecule has 0 unspecified atom stereocenters. The molecule has 7 heteroatoms. The van der Waals surface area contributed by atoms with Gasteiger partial charge in [0.05, 0.1) is 18.8 Å². The third-order valence-electron chi connectivity index (χ3n) is 4.33. The van der Waals surface area contributed by atoms with E-state index < -0.39 is 0 Å². The van der Waals surface area contributed by atoms with Gasteiger partial charge in [-0.05, 0) is 12.1 Å². The van der Waals surface area contributed by atoms with Crippen molar-refractivity contribution in [3.63, 3.8) is 0 Å². The van der Waals surface area contributed by atoms with Gasteiger partial charge in [0.2, 0.25) is 11.8 Å². The summed E-state index contributed by atoms with van der Waals surface area (Å²) in [6.07, 6.45) is 1.82. The van der Waals surface area contributed by atoms with Crippen molar-refractivity contribution in [1.82, 2.24) is 25.0 Å². The molecule has 0 bridgehead atoms. The molecule has 0 saturated carbocycles. The number of carbonyl (C=O) groups excluding carboxylic acids is 2. The number of piperazine rings is 2. The van der Waals surface area contributed by atoms with Crippen molar-refractivity contribution in [1.29, 1.82) is 0 Å². The Labute approximate surface area is 136 Å². The van der Waals surface area contributed by atoms with Gasteiger partial charge in [-0.2, -0.15) is 0 Å². The minimum Gasteiger partial charge on any atom is -0.353 e. The summed E-state index contributed by atoms with van der Waals surface area (Å²) < 4.78 is 0. The quantitative estimate of drug-likeness (QED) is 0.784. The number of nitrogens with zero attached hydrogens (tertiary/aromatic N) is 4. The Morgan fingerprint density at radius 2 is 1.91 bits per heavy atom. The summed E-state index contributed by atoms with van der Waals surface area (Å²) in [6.45, 7) is 6.25. The SMILES string of the molecule is O=C1CN(C(=O)CN2CCN(Cc3ccccn3)CC2)CCN1. The van der Waals surface area contributed by atoms with Gasteiger partial charge in [-0.25, -0.2) is 0 Å². The van der Waals surface area contributed by atoms with Crippen LogP contribution in [0.25, 0.3) is 0 Å². The number of aromatic nitrogens is 1. The molecule has 2 fully saturated rings. The van der Waals surface area contributed by atoms with Crippen molar-refractivity contribution in [3.8, 4) is 0 Å². The molecule has 1 aromatic rings. The highest BCUT2D eigenvalue weighted by atomic mass is 16.2. The van der Waals surface area contributed by atoms with Crippen molar-refractivity contribution in [2.24, 2.45) is 0 Å². The standard InChI is InChI=1S/C16H23N5O2/c22-15-12-21(6-5-18-15)16(23)13-20-9-7-19(8-10-20)11-14-3-1-2-4-17-14/h1-4H,5-13H2,(H,18,22). The molecular formula is C16H23N5O2. The summed E-state index contributed by atoms with van der Waals surface area (Å²) in [5.74, 6) is -0.0113. The van der Waals surface area contributed by atoms with E-state index in [9.17, 15) is 9.59 Å². The second kappa shape index (κ2) is 7.52. The van der Waals surface area contributed by atoms with Crippen LogP contribution >= 0.6 is 0 Å². The highest BCUT2D eigenvalue weighted by Gasteiger charge is 2.24. The summed E-state index contributed by atoms with van der Waals surface area (Å²) in [5, 5.41) is 2.74. The predicted molar refractivity (Wildman–Crippen MR) is 85.5 cm³/mol. The highest BCUT2D eigenvalue weighted by molar-refractivity contribution is 5.86. The molecule has 0 aliphatic carbocycles. The van der Waals surface area contributed by atoms with Crippen LogP contribution < -0.4 is 5.32 Å². The van der Waals surface area contributed by atoms with E-state index in [1.165, 1.54) is 0 Å². The molecule has 0 spiro atoms. The fraction of sp³-hybridized carbons (Fsp3) is 0.562. The molecule has 3 heterocycles. The van der Waals surface area contributed by atoms with Crippen molar-refractivity contribution < 1.29 is 9.59 Å². The summed E-state index contributed by atoms with van der Waals surface area (Å²) in [6, 6.07) is 5.97. The predicted octanol–water partition coefficient (Wildman–Crippen LogP) is -0.842. The molecule has 124 valence electrons. The molecule has 1 N–H and O–H groups in total. The van der Waals surface area contributed by atoms with Crippen LogP contribution in [-0.2, 0) is 16.1 Å². The topological polar surface area (TPSA) is 68.8 Å². The second-order valence-corrected chi connectivity index (χ2v) is 6.04. The number of hydrogen-bond acceptors (Lipinski definition) is 5. The first-order valence-electron chi connectivity index (χ1n) is 8.10. The lowest BCUT2D eigenvalue weighted by Crippen LogP contribution is -2.54. The summed E-state index contributed by atoms with van der Waals surface area (Å²) >= 11 is 0. The van der Waals surface area contributed by atoms with Crippen LogP contribution in [-0.4, -0.2) is 83.9 Å². The lowest BCUT2D eigenvalue weighted by Gasteiger charge is -2.35. The Hall–Kier alpha value is -1.99. The maximum atomic E-state index is 12.3. The third-order valence-corrected chi connectivity index (χ3v) is 4.33. The Morgan fingerprint density at radius 1 is 1.13 bits per heavy atom. The van der Waals surface area contributed by atoms with Gasteiger partial charge >= 0.3 is 0 Å². The maximum absolute atomic E-state index is 12.3. The molecule has 1 aromatic heterocycles. The molecule has 23 heavy (non-hydrogen) atoms. The first-order chi connectivity index (χ1) is 11.2. The van der Waals surface area contributed by atoms with Gasteiger partial charge in [-0.1, -0.05) is 6.07 Å². The van der Waals surface area contributed by atoms with E-state index in [-0.39, 0.29) is 18.4 Å². The maximum Gasteiger partial charge on any atom is 0.239 e. The number of hydrogen-bond donors (Lipinski definition) is 1. The first kappa shape index (κ1) is 15.9. The number of pyridine rings is 1. The van der Waals surface area contributed by atoms with Crippen molar-refractivity contribution in [3.05, 3.63) is 30.1 Å². The highest BCUT2D eigenvalue weighted by Crippen LogP contribution is 2.07. The zero-order valence-electron chi connectivity index (χ0n) is 13.3. The largest absolute Gasteiger partial charge is 0.353 e. The van der Waals surface area contributed by atoms with E-state index in [4.69, 9.17) is 0 Å². The fourth-order valence-electron chi connectivity index (χ4n) is 2.97. The molecular weight excluding hydrogens is 294 g/mol. The van der Waals surface area contributed by atoms with Gasteiger partial charge in [0.25, 0.3) is 0 Å². The lowest BCUT2D eigenvalue weighted by molar-refractivity contribution is -0.139. The molecule has 2 saturated heterocycles. The molecule has 0 atom stereocenters. The van der Waals surface area contributed by atoms with Crippen LogP contribution in [0.4, 0.5) is 0 Å². The Bertz CT molecular complexity index is 543. The minimum absolute atomic E-state index is 0.0537. The van der Waals surface area contributed by atoms with Gasteiger partial charge in [0, 0.05) is 52.0 Å². The zero-order chi connectivity index (χ0) is 16.1. The third kappa shape index (κ3) is 4.49. The molecule has 7 nitrogen and oxygen atoms in total. The van der Waals surface area contributed by atoms with Crippen LogP contribution in [0.5, 0.6) is 0 Å². The fourth-order valence-corrected chi connectivity index (χ4v) is 2.97. The second-order valence-electron chi connectivity index (χ2n) is 6.04. The van der Waals surface area contributed by atoms with Gasteiger partial charge < -0.3 is 10.2 Å². The van der Waals surface area contributed by atoms with Gasteiger partial charge in [0.15, 0.2) is 0 Å². The summed E-state index contributed by atoms with van der Waals surface area (Å²) in [5.41, 5.74) is 1.08. The molecule has 0 radical (unpaired) electrons. The van der Waals surface area contributed by atoms with E-state index in [0.29, 0.717) is 19.6 Å². The monoisotopic (exact) mass is 317 g/mol. The lowest BCUT2D eigenvalue weighted by atomic mass is 10.2. The van der Waals surface area contributed by atoms with Crippen LogP contribution in [0.15, 0.2) is 24.4 Å². The van der Waals surface area contributed by atoms with Gasteiger partial charge in [-0.3, -0.25) is 24.4 Å². The smallest absolute Gasteiger partial charge is 0.239 e. The van der Waals surface area contributed by atoms with E-state index in [1.54, 1.807) is 4.90 Å². The average Bonchev–Trinajstić information content (AvgIpc) is 2.57. The van der Waals surface area contributed by atoms with E-state index >= 15 is 0 Å². The number of amides is 2. The number of carbonyl (C=O) groups is 2. The molecule has 0 aromatic carbocycles. The minimum atomic E-state index is -0.0650. The van der Waals surface area contributed by atoms with Gasteiger partial charge in [-0.15, -0.1) is 0 Å². The van der Waals surface area contributed by atoms with Crippen molar-refractivity contribution >= 4 is 11.8 Å². The first-order valence-corrected chi connectivity index (χ1v) is 8.10. The van der Waals surface area contributed by atoms with Crippen LogP contribution in [0.1, 0.15) is 5.69 Å². The summed E-state index contributed by atoms with van der Waals surface area (Å²) in [4.78, 5) is 34.2. The summed E-state index contributed by atoms with van der Waals surface area (Å²) in [7, 11) is 0. The Morgan fingerprint density at radius 3 is 2.61 bits per heavy atom. The Balaban J connectivity index is 1.42. The van der Waals surface area contributed by atoms with Crippen molar-refractivity contribution in [2.45, 2.75) is 6.54 Å². The van der Waals surface area contributed by atoms with E-state index in [2.05, 4.69) is 20.1 Å². The average molecular weight is 317 g/mol. The van der Waals surface area contributed by atoms with Crippen LogP contribution in [0.2, 0.25) is 0 Å². The molecule has 3 rings (SSSR count). The van der Waals surface area contributed by atoms with E-state index in [0.717, 1.165) is 38.4 Å². The molecule has 2 amide bonds. The molecule has 2 aliphatic heterocycles. The molecule has 2 aliphatic rings. The Kier molecular flexibility index (Phi) is 5.19. The normalized spacial score (nSPS) is 20.3.